The second kappa shape index (κ2) is 7.40. The number of halogens is 1. The van der Waals surface area contributed by atoms with Crippen molar-refractivity contribution in [3.63, 3.8) is 0 Å². The fraction of sp³-hybridized carbons (Fsp3) is 0.533. The number of carbonyl (C=O) groups excluding carboxylic acids is 1. The molecule has 23 heavy (non-hydrogen) atoms. The first-order valence-electron chi connectivity index (χ1n) is 7.26. The van der Waals surface area contributed by atoms with Gasteiger partial charge in [0.1, 0.15) is 10.6 Å². The number of rotatable bonds is 6. The van der Waals surface area contributed by atoms with E-state index >= 15 is 0 Å². The molecule has 1 amide bonds. The molecule has 1 aromatic rings. The third kappa shape index (κ3) is 4.29. The number of ether oxygens (including phenoxy) is 1. The molecule has 8 heteroatoms. The molecule has 0 aromatic carbocycles. The van der Waals surface area contributed by atoms with E-state index in [0.29, 0.717) is 30.5 Å². The normalized spacial score (nSPS) is 20.5. The lowest BCUT2D eigenvalue weighted by molar-refractivity contribution is -0.143. The molecular weight excluding hydrogens is 340 g/mol. The average molecular weight is 359 g/mol. The predicted octanol–water partition coefficient (Wildman–Crippen LogP) is 2.46. The zero-order valence-electron chi connectivity index (χ0n) is 13.0. The summed E-state index contributed by atoms with van der Waals surface area (Å²) in [6.07, 6.45) is 1.74. The van der Waals surface area contributed by atoms with Crippen molar-refractivity contribution in [3.8, 4) is 5.88 Å². The van der Waals surface area contributed by atoms with Gasteiger partial charge in [-0.15, -0.1) is 0 Å². The topological polar surface area (TPSA) is 88.5 Å². The Morgan fingerprint density at radius 2 is 2.30 bits per heavy atom. The van der Waals surface area contributed by atoms with Gasteiger partial charge in [-0.05, 0) is 24.2 Å². The predicted molar refractivity (Wildman–Crippen MR) is 89.4 cm³/mol. The summed E-state index contributed by atoms with van der Waals surface area (Å²) in [5.41, 5.74) is -1.01. The second-order valence-corrected chi connectivity index (χ2v) is 7.37. The van der Waals surface area contributed by atoms with E-state index in [1.54, 1.807) is 0 Å². The summed E-state index contributed by atoms with van der Waals surface area (Å²) in [4.78, 5) is 27.8. The molecule has 1 unspecified atom stereocenters. The van der Waals surface area contributed by atoms with Gasteiger partial charge in [-0.3, -0.25) is 4.79 Å². The first kappa shape index (κ1) is 17.9. The van der Waals surface area contributed by atoms with Crippen molar-refractivity contribution in [3.05, 3.63) is 22.8 Å². The molecule has 1 saturated heterocycles. The van der Waals surface area contributed by atoms with Gasteiger partial charge in [-0.1, -0.05) is 25.4 Å². The molecule has 1 atom stereocenters. The van der Waals surface area contributed by atoms with Crippen LogP contribution < -0.4 is 10.1 Å². The fourth-order valence-electron chi connectivity index (χ4n) is 2.08. The maximum atomic E-state index is 12.3. The summed E-state index contributed by atoms with van der Waals surface area (Å²) in [5.74, 6) is 0.122. The van der Waals surface area contributed by atoms with Crippen molar-refractivity contribution < 1.29 is 19.4 Å². The van der Waals surface area contributed by atoms with Crippen LogP contribution in [0.4, 0.5) is 0 Å². The maximum Gasteiger partial charge on any atom is 0.330 e. The monoisotopic (exact) mass is 358 g/mol. The van der Waals surface area contributed by atoms with E-state index in [4.69, 9.17) is 16.3 Å². The first-order chi connectivity index (χ1) is 10.8. The van der Waals surface area contributed by atoms with Gasteiger partial charge in [-0.2, -0.15) is 11.8 Å². The molecule has 6 nitrogen and oxygen atoms in total. The van der Waals surface area contributed by atoms with E-state index in [0.717, 1.165) is 0 Å². The molecule has 0 saturated carbocycles. The molecule has 1 aliphatic heterocycles. The van der Waals surface area contributed by atoms with Gasteiger partial charge in [0.15, 0.2) is 0 Å². The Morgan fingerprint density at radius 3 is 2.83 bits per heavy atom. The highest BCUT2D eigenvalue weighted by atomic mass is 35.5. The molecule has 0 aliphatic carbocycles. The molecule has 1 aromatic heterocycles. The smallest absolute Gasteiger partial charge is 0.330 e. The van der Waals surface area contributed by atoms with Gasteiger partial charge in [0.25, 0.3) is 5.91 Å². The minimum absolute atomic E-state index is 0.212. The van der Waals surface area contributed by atoms with Crippen molar-refractivity contribution in [2.45, 2.75) is 25.8 Å². The largest absolute Gasteiger partial charge is 0.479 e. The number of hydrogen-bond donors (Lipinski definition) is 2. The summed E-state index contributed by atoms with van der Waals surface area (Å²) in [6, 6.07) is 1.44. The highest BCUT2D eigenvalue weighted by Gasteiger charge is 2.43. The summed E-state index contributed by atoms with van der Waals surface area (Å²) >= 11 is 7.59. The summed E-state index contributed by atoms with van der Waals surface area (Å²) in [5, 5.41) is 12.2. The van der Waals surface area contributed by atoms with Crippen molar-refractivity contribution in [1.82, 2.24) is 10.3 Å². The van der Waals surface area contributed by atoms with Gasteiger partial charge < -0.3 is 15.2 Å². The number of hydrogen-bond acceptors (Lipinski definition) is 5. The number of pyridine rings is 1. The van der Waals surface area contributed by atoms with Crippen LogP contribution in [0.1, 0.15) is 30.6 Å². The van der Waals surface area contributed by atoms with E-state index in [1.165, 1.54) is 24.0 Å². The third-order valence-corrected chi connectivity index (χ3v) is 4.87. The number of amides is 1. The Morgan fingerprint density at radius 1 is 1.57 bits per heavy atom. The van der Waals surface area contributed by atoms with E-state index in [9.17, 15) is 14.7 Å². The van der Waals surface area contributed by atoms with Crippen LogP contribution in [0.3, 0.4) is 0 Å². The molecule has 0 radical (unpaired) electrons. The Bertz CT molecular complexity index is 603. The SMILES string of the molecule is CC(C)COc1ncc(C(=O)NC2(C(=O)O)CCSC2)cc1Cl. The molecule has 1 aliphatic rings. The van der Waals surface area contributed by atoms with E-state index in [1.807, 2.05) is 13.8 Å². The van der Waals surface area contributed by atoms with E-state index in [-0.39, 0.29) is 16.5 Å². The lowest BCUT2D eigenvalue weighted by Gasteiger charge is -2.24. The van der Waals surface area contributed by atoms with Crippen LogP contribution >= 0.6 is 23.4 Å². The quantitative estimate of drug-likeness (QED) is 0.812. The number of carbonyl (C=O) groups is 2. The lowest BCUT2D eigenvalue weighted by atomic mass is 9.98. The molecule has 0 bridgehead atoms. The Balaban J connectivity index is 2.10. The number of nitrogens with zero attached hydrogens (tertiary/aromatic N) is 1. The van der Waals surface area contributed by atoms with Crippen LogP contribution in [0.15, 0.2) is 12.3 Å². The third-order valence-electron chi connectivity index (χ3n) is 3.41. The summed E-state index contributed by atoms with van der Waals surface area (Å²) < 4.78 is 5.45. The molecule has 2 N–H and O–H groups in total. The lowest BCUT2D eigenvalue weighted by Crippen LogP contribution is -2.54. The summed E-state index contributed by atoms with van der Waals surface area (Å²) in [7, 11) is 0. The fourth-order valence-corrected chi connectivity index (χ4v) is 3.62. The van der Waals surface area contributed by atoms with Crippen molar-refractivity contribution in [2.75, 3.05) is 18.1 Å². The van der Waals surface area contributed by atoms with Crippen LogP contribution in [0.5, 0.6) is 5.88 Å². The minimum Gasteiger partial charge on any atom is -0.479 e. The number of nitrogens with one attached hydrogen (secondary N) is 1. The Hall–Kier alpha value is -1.47. The zero-order valence-corrected chi connectivity index (χ0v) is 14.5. The molecule has 126 valence electrons. The van der Waals surface area contributed by atoms with Crippen molar-refractivity contribution >= 4 is 35.2 Å². The minimum atomic E-state index is -1.22. The Labute approximate surface area is 144 Å². The Kier molecular flexibility index (Phi) is 5.75. The van der Waals surface area contributed by atoms with Gasteiger partial charge in [0.2, 0.25) is 5.88 Å². The van der Waals surface area contributed by atoms with Crippen molar-refractivity contribution in [1.29, 1.82) is 0 Å². The van der Waals surface area contributed by atoms with Crippen molar-refractivity contribution in [2.24, 2.45) is 5.92 Å². The van der Waals surface area contributed by atoms with Crippen LogP contribution in [-0.2, 0) is 4.79 Å². The van der Waals surface area contributed by atoms with E-state index < -0.39 is 17.4 Å². The highest BCUT2D eigenvalue weighted by Crippen LogP contribution is 2.29. The number of aliphatic carboxylic acids is 1. The highest BCUT2D eigenvalue weighted by molar-refractivity contribution is 7.99. The van der Waals surface area contributed by atoms with Crippen LogP contribution in [0.25, 0.3) is 0 Å². The van der Waals surface area contributed by atoms with E-state index in [2.05, 4.69) is 10.3 Å². The summed E-state index contributed by atoms with van der Waals surface area (Å²) in [6.45, 7) is 4.47. The molecule has 0 spiro atoms. The zero-order chi connectivity index (χ0) is 17.0. The number of thioether (sulfide) groups is 1. The molecule has 2 heterocycles. The number of aromatic nitrogens is 1. The van der Waals surface area contributed by atoms with Gasteiger partial charge in [0.05, 0.1) is 12.2 Å². The van der Waals surface area contributed by atoms with Crippen LogP contribution in [0, 0.1) is 5.92 Å². The molecule has 1 fully saturated rings. The van der Waals surface area contributed by atoms with Gasteiger partial charge >= 0.3 is 5.97 Å². The first-order valence-corrected chi connectivity index (χ1v) is 8.79. The average Bonchev–Trinajstić information content (AvgIpc) is 2.95. The number of carboxylic acid groups (broad SMARTS) is 1. The maximum absolute atomic E-state index is 12.3. The second-order valence-electron chi connectivity index (χ2n) is 5.86. The standard InChI is InChI=1S/C15H19ClN2O4S/c1-9(2)7-22-13-11(16)5-10(6-17-13)12(19)18-15(14(20)21)3-4-23-8-15/h5-6,9H,3-4,7-8H2,1-2H3,(H,18,19)(H,20,21). The molecule has 2 rings (SSSR count). The van der Waals surface area contributed by atoms with Crippen LogP contribution in [0.2, 0.25) is 5.02 Å². The van der Waals surface area contributed by atoms with Crippen LogP contribution in [-0.4, -0.2) is 45.6 Å². The number of carboxylic acids is 1. The van der Waals surface area contributed by atoms with Gasteiger partial charge in [0, 0.05) is 11.9 Å². The molecular formula is C15H19ClN2O4S. The van der Waals surface area contributed by atoms with Gasteiger partial charge in [-0.25, -0.2) is 9.78 Å².